The first-order chi connectivity index (χ1) is 8.09. The van der Waals surface area contributed by atoms with E-state index in [1.54, 1.807) is 0 Å². The van der Waals surface area contributed by atoms with Crippen molar-refractivity contribution in [3.8, 4) is 0 Å². The summed E-state index contributed by atoms with van der Waals surface area (Å²) in [7, 11) is 0. The van der Waals surface area contributed by atoms with Gasteiger partial charge in [0, 0.05) is 13.0 Å². The number of carbonyl (C=O) groups excluding carboxylic acids is 2. The molecule has 0 saturated carbocycles. The van der Waals surface area contributed by atoms with E-state index >= 15 is 0 Å². The second-order valence-corrected chi connectivity index (χ2v) is 4.12. The Morgan fingerprint density at radius 2 is 2.24 bits per heavy atom. The van der Waals surface area contributed by atoms with Gasteiger partial charge in [-0.25, -0.2) is 4.79 Å². The maximum atomic E-state index is 12.1. The SMILES string of the molecule is O=C1CC[C@@H](C(=O)N2CCOCC2C(=O)O)N1. The molecule has 0 aromatic rings. The minimum absolute atomic E-state index is 0.00173. The van der Waals surface area contributed by atoms with Crippen molar-refractivity contribution in [2.45, 2.75) is 24.9 Å². The fraction of sp³-hybridized carbons (Fsp3) is 0.700. The second-order valence-electron chi connectivity index (χ2n) is 4.12. The van der Waals surface area contributed by atoms with Gasteiger partial charge in [0.15, 0.2) is 6.04 Å². The third-order valence-electron chi connectivity index (χ3n) is 2.99. The van der Waals surface area contributed by atoms with Crippen molar-refractivity contribution in [2.75, 3.05) is 19.8 Å². The Kier molecular flexibility index (Phi) is 3.28. The molecule has 2 N–H and O–H groups in total. The number of rotatable bonds is 2. The number of carboxylic acids is 1. The van der Waals surface area contributed by atoms with Crippen molar-refractivity contribution < 1.29 is 24.2 Å². The summed E-state index contributed by atoms with van der Waals surface area (Å²) in [6.45, 7) is 0.583. The first-order valence-electron chi connectivity index (χ1n) is 5.50. The van der Waals surface area contributed by atoms with Gasteiger partial charge in [0.05, 0.1) is 13.2 Å². The van der Waals surface area contributed by atoms with Crippen LogP contribution in [0.2, 0.25) is 0 Å². The summed E-state index contributed by atoms with van der Waals surface area (Å²) in [5.74, 6) is -1.57. The summed E-state index contributed by atoms with van der Waals surface area (Å²) in [6.07, 6.45) is 0.750. The van der Waals surface area contributed by atoms with Crippen LogP contribution in [0, 0.1) is 0 Å². The van der Waals surface area contributed by atoms with Crippen molar-refractivity contribution in [1.29, 1.82) is 0 Å². The molecule has 0 spiro atoms. The van der Waals surface area contributed by atoms with Crippen LogP contribution in [0.1, 0.15) is 12.8 Å². The molecule has 2 aliphatic rings. The Morgan fingerprint density at radius 3 is 2.82 bits per heavy atom. The van der Waals surface area contributed by atoms with Gasteiger partial charge in [0.25, 0.3) is 0 Å². The molecule has 2 rings (SSSR count). The van der Waals surface area contributed by atoms with Gasteiger partial charge in [-0.3, -0.25) is 9.59 Å². The lowest BCUT2D eigenvalue weighted by molar-refractivity contribution is -0.159. The Hall–Kier alpha value is -1.63. The van der Waals surface area contributed by atoms with Crippen molar-refractivity contribution in [3.63, 3.8) is 0 Å². The molecule has 2 saturated heterocycles. The highest BCUT2D eigenvalue weighted by Gasteiger charge is 2.38. The zero-order valence-electron chi connectivity index (χ0n) is 9.22. The number of amides is 2. The highest BCUT2D eigenvalue weighted by molar-refractivity contribution is 5.93. The van der Waals surface area contributed by atoms with E-state index in [0.717, 1.165) is 0 Å². The monoisotopic (exact) mass is 242 g/mol. The van der Waals surface area contributed by atoms with E-state index in [-0.39, 0.29) is 25.0 Å². The third kappa shape index (κ3) is 2.38. The van der Waals surface area contributed by atoms with Gasteiger partial charge in [-0.1, -0.05) is 0 Å². The average molecular weight is 242 g/mol. The summed E-state index contributed by atoms with van der Waals surface area (Å²) in [4.78, 5) is 35.4. The number of nitrogens with zero attached hydrogens (tertiary/aromatic N) is 1. The van der Waals surface area contributed by atoms with Crippen LogP contribution in [0.3, 0.4) is 0 Å². The van der Waals surface area contributed by atoms with Crippen molar-refractivity contribution in [2.24, 2.45) is 0 Å². The molecular formula is C10H14N2O5. The third-order valence-corrected chi connectivity index (χ3v) is 2.99. The highest BCUT2D eigenvalue weighted by Crippen LogP contribution is 2.14. The van der Waals surface area contributed by atoms with Gasteiger partial charge in [0.2, 0.25) is 11.8 Å². The molecule has 0 aromatic heterocycles. The summed E-state index contributed by atoms with van der Waals surface area (Å²) >= 11 is 0. The lowest BCUT2D eigenvalue weighted by Crippen LogP contribution is -2.56. The minimum Gasteiger partial charge on any atom is -0.480 e. The van der Waals surface area contributed by atoms with Crippen LogP contribution in [0.5, 0.6) is 0 Å². The zero-order chi connectivity index (χ0) is 12.4. The molecular weight excluding hydrogens is 228 g/mol. The van der Waals surface area contributed by atoms with Gasteiger partial charge < -0.3 is 20.1 Å². The Balaban J connectivity index is 2.06. The van der Waals surface area contributed by atoms with Crippen molar-refractivity contribution in [1.82, 2.24) is 10.2 Å². The average Bonchev–Trinajstić information content (AvgIpc) is 2.75. The molecule has 7 nitrogen and oxygen atoms in total. The molecule has 7 heteroatoms. The molecule has 2 heterocycles. The Morgan fingerprint density at radius 1 is 1.47 bits per heavy atom. The normalized spacial score (nSPS) is 28.9. The summed E-state index contributed by atoms with van der Waals surface area (Å²) < 4.78 is 5.05. The van der Waals surface area contributed by atoms with Crippen molar-refractivity contribution in [3.05, 3.63) is 0 Å². The summed E-state index contributed by atoms with van der Waals surface area (Å²) in [6, 6.07) is -1.53. The topological polar surface area (TPSA) is 95.9 Å². The van der Waals surface area contributed by atoms with Crippen LogP contribution in [0.25, 0.3) is 0 Å². The van der Waals surface area contributed by atoms with E-state index in [1.807, 2.05) is 0 Å². The summed E-state index contributed by atoms with van der Waals surface area (Å²) in [5.41, 5.74) is 0. The zero-order valence-corrected chi connectivity index (χ0v) is 9.22. The largest absolute Gasteiger partial charge is 0.480 e. The second kappa shape index (κ2) is 4.70. The maximum absolute atomic E-state index is 12.1. The lowest BCUT2D eigenvalue weighted by atomic mass is 10.1. The van der Waals surface area contributed by atoms with Crippen LogP contribution >= 0.6 is 0 Å². The number of ether oxygens (including phenoxy) is 1. The molecule has 17 heavy (non-hydrogen) atoms. The van der Waals surface area contributed by atoms with E-state index in [4.69, 9.17) is 9.84 Å². The van der Waals surface area contributed by atoms with Gasteiger partial charge >= 0.3 is 5.97 Å². The molecule has 0 bridgehead atoms. The molecule has 2 atom stereocenters. The van der Waals surface area contributed by atoms with Crippen LogP contribution in [0.15, 0.2) is 0 Å². The van der Waals surface area contributed by atoms with Gasteiger partial charge in [-0.05, 0) is 6.42 Å². The molecule has 2 amide bonds. The predicted molar refractivity (Wildman–Crippen MR) is 55.1 cm³/mol. The number of morpholine rings is 1. The fourth-order valence-corrected chi connectivity index (χ4v) is 2.07. The first-order valence-corrected chi connectivity index (χ1v) is 5.50. The van der Waals surface area contributed by atoms with E-state index in [1.165, 1.54) is 4.90 Å². The molecule has 94 valence electrons. The Bertz CT molecular complexity index is 357. The number of carbonyl (C=O) groups is 3. The van der Waals surface area contributed by atoms with Crippen LogP contribution in [0.4, 0.5) is 0 Å². The molecule has 1 unspecified atom stereocenters. The predicted octanol–water partition coefficient (Wildman–Crippen LogP) is -1.42. The molecule has 0 aromatic carbocycles. The van der Waals surface area contributed by atoms with Crippen LogP contribution in [-0.4, -0.2) is 59.6 Å². The highest BCUT2D eigenvalue weighted by atomic mass is 16.5. The fourth-order valence-electron chi connectivity index (χ4n) is 2.07. The Labute approximate surface area is 97.7 Å². The smallest absolute Gasteiger partial charge is 0.328 e. The number of carboxylic acid groups (broad SMARTS) is 1. The molecule has 2 fully saturated rings. The number of hydrogen-bond donors (Lipinski definition) is 2. The number of nitrogens with one attached hydrogen (secondary N) is 1. The molecule has 0 radical (unpaired) electrons. The van der Waals surface area contributed by atoms with Gasteiger partial charge in [-0.15, -0.1) is 0 Å². The van der Waals surface area contributed by atoms with Crippen LogP contribution < -0.4 is 5.32 Å². The van der Waals surface area contributed by atoms with Crippen LogP contribution in [-0.2, 0) is 19.1 Å². The number of hydrogen-bond acceptors (Lipinski definition) is 4. The maximum Gasteiger partial charge on any atom is 0.328 e. The van der Waals surface area contributed by atoms with E-state index < -0.39 is 18.1 Å². The van der Waals surface area contributed by atoms with Crippen molar-refractivity contribution >= 4 is 17.8 Å². The van der Waals surface area contributed by atoms with E-state index in [9.17, 15) is 14.4 Å². The van der Waals surface area contributed by atoms with Gasteiger partial charge in [0.1, 0.15) is 6.04 Å². The van der Waals surface area contributed by atoms with E-state index in [2.05, 4.69) is 5.32 Å². The van der Waals surface area contributed by atoms with Gasteiger partial charge in [-0.2, -0.15) is 0 Å². The quantitative estimate of drug-likeness (QED) is 0.619. The van der Waals surface area contributed by atoms with E-state index in [0.29, 0.717) is 19.4 Å². The first kappa shape index (κ1) is 11.8. The lowest BCUT2D eigenvalue weighted by Gasteiger charge is -2.34. The molecule has 2 aliphatic heterocycles. The minimum atomic E-state index is -1.08. The number of aliphatic carboxylic acids is 1. The summed E-state index contributed by atoms with van der Waals surface area (Å²) in [5, 5.41) is 11.5. The standard InChI is InChI=1S/C10H14N2O5/c13-8-2-1-6(11-8)9(14)12-3-4-17-5-7(12)10(15)16/h6-7H,1-5H2,(H,11,13)(H,15,16)/t6-,7?/m0/s1. The molecule has 0 aliphatic carbocycles.